The van der Waals surface area contributed by atoms with Gasteiger partial charge in [0.05, 0.1) is 0 Å². The Kier molecular flexibility index (Phi) is 5.67. The summed E-state index contributed by atoms with van der Waals surface area (Å²) in [7, 11) is 1.72. The molecule has 1 aliphatic carbocycles. The van der Waals surface area contributed by atoms with Crippen LogP contribution in [0.4, 0.5) is 0 Å². The van der Waals surface area contributed by atoms with Crippen molar-refractivity contribution in [2.24, 2.45) is 5.41 Å². The second-order valence-corrected chi connectivity index (χ2v) is 10.3. The summed E-state index contributed by atoms with van der Waals surface area (Å²) in [5.41, 5.74) is 0.990. The molecule has 0 heterocycles. The monoisotopic (exact) mass is 258 g/mol. The van der Waals surface area contributed by atoms with Crippen LogP contribution in [0.25, 0.3) is 0 Å². The van der Waals surface area contributed by atoms with E-state index in [1.54, 1.807) is 0 Å². The predicted molar refractivity (Wildman–Crippen MR) is 75.5 cm³/mol. The first kappa shape index (κ1) is 15.2. The first-order valence-electron chi connectivity index (χ1n) is 7.04. The molecule has 0 radical (unpaired) electrons. The fraction of sp³-hybridized carbons (Fsp3) is 1.00. The van der Waals surface area contributed by atoms with Crippen LogP contribution in [0.15, 0.2) is 0 Å². The number of rotatable bonds is 4. The van der Waals surface area contributed by atoms with Gasteiger partial charge < -0.3 is 8.85 Å². The molecular formula is C14H30O2Si. The molecule has 0 saturated heterocycles. The minimum absolute atomic E-state index is 0.296. The van der Waals surface area contributed by atoms with Gasteiger partial charge in [-0.05, 0) is 24.3 Å². The molecule has 102 valence electrons. The smallest absolute Gasteiger partial charge is 0.341 e. The normalized spacial score (nSPS) is 20.3. The molecule has 1 aliphatic rings. The van der Waals surface area contributed by atoms with Gasteiger partial charge in [0, 0.05) is 19.8 Å². The van der Waals surface area contributed by atoms with Crippen molar-refractivity contribution in [3.8, 4) is 0 Å². The highest BCUT2D eigenvalue weighted by atomic mass is 28.4. The SMILES string of the molecule is CO[Si](CC(C)(C)C)(OC)C1CCCCCC1. The zero-order valence-corrected chi connectivity index (χ0v) is 13.3. The summed E-state index contributed by atoms with van der Waals surface area (Å²) >= 11 is 0. The molecule has 3 heteroatoms. The van der Waals surface area contributed by atoms with Crippen molar-refractivity contribution in [1.29, 1.82) is 0 Å². The van der Waals surface area contributed by atoms with Gasteiger partial charge in [-0.2, -0.15) is 0 Å². The van der Waals surface area contributed by atoms with Gasteiger partial charge in [0.25, 0.3) is 0 Å². The topological polar surface area (TPSA) is 18.5 Å². The summed E-state index contributed by atoms with van der Waals surface area (Å²) in [5.74, 6) is 0. The minimum Gasteiger partial charge on any atom is -0.397 e. The summed E-state index contributed by atoms with van der Waals surface area (Å²) in [5, 5.41) is 0. The highest BCUT2D eigenvalue weighted by Gasteiger charge is 2.46. The van der Waals surface area contributed by atoms with Crippen LogP contribution >= 0.6 is 0 Å². The lowest BCUT2D eigenvalue weighted by atomic mass is 10.0. The molecule has 2 nitrogen and oxygen atoms in total. The Morgan fingerprint density at radius 1 is 0.941 bits per heavy atom. The van der Waals surface area contributed by atoms with Crippen LogP contribution in [0.5, 0.6) is 0 Å². The third-order valence-electron chi connectivity index (χ3n) is 3.94. The molecular weight excluding hydrogens is 228 g/mol. The van der Waals surface area contributed by atoms with Crippen LogP contribution in [0.1, 0.15) is 59.3 Å². The highest BCUT2D eigenvalue weighted by molar-refractivity contribution is 6.69. The van der Waals surface area contributed by atoms with E-state index in [2.05, 4.69) is 20.8 Å². The van der Waals surface area contributed by atoms with E-state index in [0.717, 1.165) is 6.04 Å². The quantitative estimate of drug-likeness (QED) is 0.546. The molecule has 0 aromatic heterocycles. The van der Waals surface area contributed by atoms with Crippen molar-refractivity contribution in [1.82, 2.24) is 0 Å². The molecule has 0 amide bonds. The third-order valence-corrected chi connectivity index (χ3v) is 8.70. The summed E-state index contributed by atoms with van der Waals surface area (Å²) in [6.07, 6.45) is 8.12. The molecule has 0 aliphatic heterocycles. The Morgan fingerprint density at radius 3 is 1.76 bits per heavy atom. The van der Waals surface area contributed by atoms with Gasteiger partial charge in [-0.3, -0.25) is 0 Å². The molecule has 1 fully saturated rings. The van der Waals surface area contributed by atoms with Crippen LogP contribution in [-0.2, 0) is 8.85 Å². The molecule has 0 aromatic carbocycles. The maximum absolute atomic E-state index is 5.97. The molecule has 1 saturated carbocycles. The zero-order chi connectivity index (χ0) is 12.9. The summed E-state index contributed by atoms with van der Waals surface area (Å²) in [4.78, 5) is 0. The average molecular weight is 258 g/mol. The van der Waals surface area contributed by atoms with Crippen molar-refractivity contribution in [3.63, 3.8) is 0 Å². The average Bonchev–Trinajstić information content (AvgIpc) is 2.53. The largest absolute Gasteiger partial charge is 0.397 e. The molecule has 0 bridgehead atoms. The predicted octanol–water partition coefficient (Wildman–Crippen LogP) is 4.49. The molecule has 0 N–H and O–H groups in total. The number of hydrogen-bond acceptors (Lipinski definition) is 2. The van der Waals surface area contributed by atoms with Gasteiger partial charge in [-0.15, -0.1) is 0 Å². The highest BCUT2D eigenvalue weighted by Crippen LogP contribution is 2.42. The van der Waals surface area contributed by atoms with E-state index in [1.807, 2.05) is 14.2 Å². The third kappa shape index (κ3) is 4.38. The molecule has 1 rings (SSSR count). The van der Waals surface area contributed by atoms with Gasteiger partial charge in [-0.25, -0.2) is 0 Å². The van der Waals surface area contributed by atoms with Crippen molar-refractivity contribution >= 4 is 8.56 Å². The van der Waals surface area contributed by atoms with Crippen LogP contribution in [-0.4, -0.2) is 22.8 Å². The minimum atomic E-state index is -2.01. The van der Waals surface area contributed by atoms with Gasteiger partial charge in [0.2, 0.25) is 0 Å². The molecule has 0 aromatic rings. The van der Waals surface area contributed by atoms with Crippen LogP contribution in [0.3, 0.4) is 0 Å². The summed E-state index contributed by atoms with van der Waals surface area (Å²) in [6, 6.07) is 1.11. The van der Waals surface area contributed by atoms with E-state index >= 15 is 0 Å². The Labute approximate surface area is 108 Å². The molecule has 0 spiro atoms. The summed E-state index contributed by atoms with van der Waals surface area (Å²) in [6.45, 7) is 6.89. The van der Waals surface area contributed by atoms with Crippen LogP contribution in [0, 0.1) is 5.41 Å². The van der Waals surface area contributed by atoms with E-state index in [9.17, 15) is 0 Å². The maximum atomic E-state index is 5.97. The Morgan fingerprint density at radius 2 is 1.41 bits per heavy atom. The fourth-order valence-electron chi connectivity index (χ4n) is 3.16. The van der Waals surface area contributed by atoms with Crippen LogP contribution < -0.4 is 0 Å². The Bertz CT molecular complexity index is 211. The van der Waals surface area contributed by atoms with Gasteiger partial charge >= 0.3 is 8.56 Å². The lowest BCUT2D eigenvalue weighted by molar-refractivity contribution is 0.207. The maximum Gasteiger partial charge on any atom is 0.341 e. The van der Waals surface area contributed by atoms with Crippen molar-refractivity contribution in [3.05, 3.63) is 0 Å². The van der Waals surface area contributed by atoms with Crippen LogP contribution in [0.2, 0.25) is 11.6 Å². The number of hydrogen-bond donors (Lipinski definition) is 0. The standard InChI is InChI=1S/C14H30O2Si/c1-14(2,3)12-17(15-4,16-5)13-10-8-6-7-9-11-13/h13H,6-12H2,1-5H3. The van der Waals surface area contributed by atoms with E-state index in [0.29, 0.717) is 11.0 Å². The first-order chi connectivity index (χ1) is 7.93. The van der Waals surface area contributed by atoms with Gasteiger partial charge in [0.1, 0.15) is 0 Å². The second kappa shape index (κ2) is 6.35. The second-order valence-electron chi connectivity index (χ2n) is 6.65. The van der Waals surface area contributed by atoms with E-state index < -0.39 is 8.56 Å². The van der Waals surface area contributed by atoms with Crippen molar-refractivity contribution in [2.75, 3.05) is 14.2 Å². The molecule has 17 heavy (non-hydrogen) atoms. The van der Waals surface area contributed by atoms with Crippen molar-refractivity contribution < 1.29 is 8.85 Å². The lowest BCUT2D eigenvalue weighted by Crippen LogP contribution is -2.47. The lowest BCUT2D eigenvalue weighted by Gasteiger charge is -2.39. The van der Waals surface area contributed by atoms with Gasteiger partial charge in [-0.1, -0.05) is 46.5 Å². The van der Waals surface area contributed by atoms with Crippen molar-refractivity contribution in [2.45, 2.75) is 70.9 Å². The van der Waals surface area contributed by atoms with E-state index in [-0.39, 0.29) is 0 Å². The summed E-state index contributed by atoms with van der Waals surface area (Å²) < 4.78 is 11.9. The fourth-order valence-corrected chi connectivity index (χ4v) is 7.34. The Balaban J connectivity index is 2.80. The van der Waals surface area contributed by atoms with Gasteiger partial charge in [0.15, 0.2) is 0 Å². The Hall–Kier alpha value is 0.137. The first-order valence-corrected chi connectivity index (χ1v) is 9.14. The van der Waals surface area contributed by atoms with E-state index in [4.69, 9.17) is 8.85 Å². The molecule has 0 unspecified atom stereocenters. The van der Waals surface area contributed by atoms with E-state index in [1.165, 1.54) is 38.5 Å². The molecule has 0 atom stereocenters. The zero-order valence-electron chi connectivity index (χ0n) is 12.3.